The van der Waals surface area contributed by atoms with Gasteiger partial charge >= 0.3 is 0 Å². The number of ether oxygens (including phenoxy) is 1. The topological polar surface area (TPSA) is 62.4 Å². The number of fused-ring (bicyclic) bond motifs is 1. The molecule has 3 aromatic rings. The number of amides is 1. The van der Waals surface area contributed by atoms with Gasteiger partial charge in [-0.25, -0.2) is 0 Å². The van der Waals surface area contributed by atoms with Crippen LogP contribution in [0.5, 0.6) is 5.75 Å². The highest BCUT2D eigenvalue weighted by Gasteiger charge is 2.15. The van der Waals surface area contributed by atoms with Crippen LogP contribution < -0.4 is 15.2 Å². The van der Waals surface area contributed by atoms with E-state index in [0.717, 1.165) is 27.9 Å². The highest BCUT2D eigenvalue weighted by molar-refractivity contribution is 5.93. The first-order valence-corrected chi connectivity index (χ1v) is 9.09. The maximum atomic E-state index is 12.7. The van der Waals surface area contributed by atoms with Crippen molar-refractivity contribution < 1.29 is 9.53 Å². The van der Waals surface area contributed by atoms with Crippen LogP contribution in [0.15, 0.2) is 53.3 Å². The van der Waals surface area contributed by atoms with Crippen LogP contribution in [0.1, 0.15) is 24.5 Å². The number of nitrogens with one attached hydrogen (secondary N) is 1. The van der Waals surface area contributed by atoms with Crippen molar-refractivity contribution in [3.05, 3.63) is 70.0 Å². The Kier molecular flexibility index (Phi) is 5.60. The molecule has 0 aliphatic heterocycles. The highest BCUT2D eigenvalue weighted by atomic mass is 16.5. The Morgan fingerprint density at radius 1 is 1.15 bits per heavy atom. The molecule has 5 heteroatoms. The molecular weight excluding hydrogens is 340 g/mol. The molecule has 0 saturated heterocycles. The predicted octanol–water partition coefficient (Wildman–Crippen LogP) is 3.83. The summed E-state index contributed by atoms with van der Waals surface area (Å²) in [6, 6.07) is 15.2. The van der Waals surface area contributed by atoms with Crippen LogP contribution in [-0.4, -0.2) is 24.5 Å². The molecule has 1 amide bonds. The minimum atomic E-state index is -0.154. The minimum Gasteiger partial charge on any atom is -0.497 e. The largest absolute Gasteiger partial charge is 0.497 e. The average Bonchev–Trinajstić information content (AvgIpc) is 2.66. The van der Waals surface area contributed by atoms with Gasteiger partial charge in [0.1, 0.15) is 5.75 Å². The Labute approximate surface area is 158 Å². The van der Waals surface area contributed by atoms with Gasteiger partial charge in [-0.05, 0) is 62.2 Å². The molecule has 0 unspecified atom stereocenters. The Bertz CT molecular complexity index is 1020. The van der Waals surface area contributed by atoms with E-state index in [1.807, 2.05) is 62.4 Å². The van der Waals surface area contributed by atoms with E-state index in [1.165, 1.54) is 0 Å². The van der Waals surface area contributed by atoms with Crippen molar-refractivity contribution in [1.29, 1.82) is 0 Å². The van der Waals surface area contributed by atoms with Crippen molar-refractivity contribution in [2.24, 2.45) is 0 Å². The number of methoxy groups -OCH3 is 1. The molecule has 1 aromatic heterocycles. The molecule has 1 heterocycles. The number of aryl methyl sites for hydroxylation is 2. The molecule has 5 nitrogen and oxygen atoms in total. The van der Waals surface area contributed by atoms with Gasteiger partial charge in [0, 0.05) is 35.1 Å². The minimum absolute atomic E-state index is 0.00763. The zero-order chi connectivity index (χ0) is 19.4. The number of aromatic nitrogens is 1. The summed E-state index contributed by atoms with van der Waals surface area (Å²) in [6.07, 6.45) is 0.671. The van der Waals surface area contributed by atoms with Crippen LogP contribution in [0.25, 0.3) is 10.9 Å². The molecule has 0 aliphatic rings. The summed E-state index contributed by atoms with van der Waals surface area (Å²) in [6.45, 7) is 4.55. The van der Waals surface area contributed by atoms with Crippen molar-refractivity contribution >= 4 is 22.5 Å². The Balaban J connectivity index is 1.79. The van der Waals surface area contributed by atoms with Gasteiger partial charge in [0.05, 0.1) is 7.11 Å². The molecule has 1 N–H and O–H groups in total. The molecule has 0 radical (unpaired) electrons. The summed E-state index contributed by atoms with van der Waals surface area (Å²) in [7, 11) is 1.61. The first-order chi connectivity index (χ1) is 13.0. The van der Waals surface area contributed by atoms with E-state index in [-0.39, 0.29) is 17.9 Å². The zero-order valence-electron chi connectivity index (χ0n) is 15.9. The maximum absolute atomic E-state index is 12.7. The molecule has 140 valence electrons. The van der Waals surface area contributed by atoms with Crippen molar-refractivity contribution in [3.8, 4) is 5.75 Å². The van der Waals surface area contributed by atoms with E-state index in [1.54, 1.807) is 12.0 Å². The third kappa shape index (κ3) is 4.19. The fourth-order valence-electron chi connectivity index (χ4n) is 3.22. The lowest BCUT2D eigenvalue weighted by molar-refractivity contribution is -0.118. The lowest BCUT2D eigenvalue weighted by atomic mass is 10.1. The van der Waals surface area contributed by atoms with Crippen molar-refractivity contribution in [2.45, 2.75) is 26.7 Å². The number of nitrogens with zero attached hydrogens (tertiary/aromatic N) is 1. The number of anilines is 1. The number of hydrogen-bond donors (Lipinski definition) is 1. The number of hydrogen-bond acceptors (Lipinski definition) is 3. The monoisotopic (exact) mass is 364 g/mol. The number of carbonyl (C=O) groups is 1. The number of rotatable bonds is 6. The van der Waals surface area contributed by atoms with E-state index in [2.05, 4.69) is 4.98 Å². The second-order valence-electron chi connectivity index (χ2n) is 6.55. The molecule has 0 bridgehead atoms. The number of benzene rings is 2. The lowest BCUT2D eigenvalue weighted by Gasteiger charge is -2.21. The Hall–Kier alpha value is -3.08. The molecule has 2 aromatic carbocycles. The van der Waals surface area contributed by atoms with E-state index in [4.69, 9.17) is 4.74 Å². The highest BCUT2D eigenvalue weighted by Crippen LogP contribution is 2.20. The smallest absolute Gasteiger partial charge is 0.251 e. The van der Waals surface area contributed by atoms with Crippen LogP contribution >= 0.6 is 0 Å². The Morgan fingerprint density at radius 3 is 2.67 bits per heavy atom. The maximum Gasteiger partial charge on any atom is 0.251 e. The standard InChI is InChI=1S/C22H24N2O3/c1-4-24(18-7-5-6-15(2)12-18)21(25)11-8-16-13-17-14-19(27-3)9-10-20(17)23-22(16)26/h5-7,9-10,12-14H,4,8,11H2,1-3H3,(H,23,26). The van der Waals surface area contributed by atoms with Crippen LogP contribution in [0.4, 0.5) is 5.69 Å². The third-order valence-electron chi connectivity index (χ3n) is 4.67. The summed E-state index contributed by atoms with van der Waals surface area (Å²) in [5, 5.41) is 0.891. The van der Waals surface area contributed by atoms with Crippen molar-refractivity contribution in [2.75, 3.05) is 18.6 Å². The predicted molar refractivity (Wildman–Crippen MR) is 109 cm³/mol. The number of aromatic amines is 1. The van der Waals surface area contributed by atoms with Gasteiger partial charge in [-0.15, -0.1) is 0 Å². The third-order valence-corrected chi connectivity index (χ3v) is 4.67. The molecule has 27 heavy (non-hydrogen) atoms. The second kappa shape index (κ2) is 8.08. The average molecular weight is 364 g/mol. The molecule has 0 atom stereocenters. The van der Waals surface area contributed by atoms with Gasteiger partial charge in [0.2, 0.25) is 5.91 Å². The van der Waals surface area contributed by atoms with Crippen molar-refractivity contribution in [3.63, 3.8) is 0 Å². The summed E-state index contributed by atoms with van der Waals surface area (Å²) in [5.74, 6) is 0.737. The summed E-state index contributed by atoms with van der Waals surface area (Å²) in [5.41, 5.74) is 3.20. The summed E-state index contributed by atoms with van der Waals surface area (Å²) in [4.78, 5) is 29.7. The van der Waals surface area contributed by atoms with Gasteiger partial charge in [-0.1, -0.05) is 12.1 Å². The SMILES string of the molecule is CCN(C(=O)CCc1cc2cc(OC)ccc2[nH]c1=O)c1cccc(C)c1. The zero-order valence-corrected chi connectivity index (χ0v) is 15.9. The van der Waals surface area contributed by atoms with Crippen LogP contribution in [-0.2, 0) is 11.2 Å². The van der Waals surface area contributed by atoms with Crippen LogP contribution in [0.2, 0.25) is 0 Å². The van der Waals surface area contributed by atoms with E-state index >= 15 is 0 Å². The molecule has 0 fully saturated rings. The fourth-order valence-corrected chi connectivity index (χ4v) is 3.22. The first kappa shape index (κ1) is 18.7. The number of H-pyrrole nitrogens is 1. The van der Waals surface area contributed by atoms with E-state index in [9.17, 15) is 9.59 Å². The van der Waals surface area contributed by atoms with E-state index in [0.29, 0.717) is 18.5 Å². The van der Waals surface area contributed by atoms with Crippen molar-refractivity contribution in [1.82, 2.24) is 4.98 Å². The quantitative estimate of drug-likeness (QED) is 0.723. The van der Waals surface area contributed by atoms with Gasteiger partial charge in [-0.3, -0.25) is 9.59 Å². The van der Waals surface area contributed by atoms with E-state index < -0.39 is 0 Å². The normalized spacial score (nSPS) is 10.8. The van der Waals surface area contributed by atoms with Gasteiger partial charge in [0.15, 0.2) is 0 Å². The van der Waals surface area contributed by atoms with Gasteiger partial charge < -0.3 is 14.6 Å². The van der Waals surface area contributed by atoms with Crippen LogP contribution in [0.3, 0.4) is 0 Å². The van der Waals surface area contributed by atoms with Gasteiger partial charge in [-0.2, -0.15) is 0 Å². The van der Waals surface area contributed by atoms with Crippen LogP contribution in [0, 0.1) is 6.92 Å². The molecular formula is C22H24N2O3. The summed E-state index contributed by atoms with van der Waals surface area (Å²) < 4.78 is 5.24. The molecule has 0 spiro atoms. The molecule has 0 saturated carbocycles. The fraction of sp³-hybridized carbons (Fsp3) is 0.273. The molecule has 3 rings (SSSR count). The summed E-state index contributed by atoms with van der Waals surface area (Å²) >= 11 is 0. The number of pyridine rings is 1. The Morgan fingerprint density at radius 2 is 1.96 bits per heavy atom. The molecule has 0 aliphatic carbocycles. The second-order valence-corrected chi connectivity index (χ2v) is 6.55. The number of carbonyl (C=O) groups excluding carboxylic acids is 1. The first-order valence-electron chi connectivity index (χ1n) is 9.09. The lowest BCUT2D eigenvalue weighted by Crippen LogP contribution is -2.31. The van der Waals surface area contributed by atoms with Gasteiger partial charge in [0.25, 0.3) is 5.56 Å².